The molecule has 11 heteroatoms. The third-order valence-electron chi connectivity index (χ3n) is 6.40. The number of aliphatic hydroxyl groups is 2. The summed E-state index contributed by atoms with van der Waals surface area (Å²) in [7, 11) is 1.65. The average Bonchev–Trinajstić information content (AvgIpc) is 3.17. The molecule has 3 rings (SSSR count). The van der Waals surface area contributed by atoms with Gasteiger partial charge in [-0.1, -0.05) is 26.0 Å². The van der Waals surface area contributed by atoms with Crippen molar-refractivity contribution in [3.63, 3.8) is 0 Å². The molecule has 186 valence electrons. The first kappa shape index (κ1) is 25.7. The van der Waals surface area contributed by atoms with E-state index in [1.54, 1.807) is 36.3 Å². The van der Waals surface area contributed by atoms with E-state index in [0.717, 1.165) is 0 Å². The quantitative estimate of drug-likeness (QED) is 0.452. The molecule has 1 aliphatic rings. The molecule has 1 fully saturated rings. The highest BCUT2D eigenvalue weighted by atomic mass is 19.4. The fourth-order valence-corrected chi connectivity index (χ4v) is 4.37. The highest BCUT2D eigenvalue weighted by Gasteiger charge is 2.48. The number of carbonyl (C=O) groups excluding carboxylic acids is 1. The summed E-state index contributed by atoms with van der Waals surface area (Å²) in [5.41, 5.74) is 4.94. The van der Waals surface area contributed by atoms with Gasteiger partial charge in [-0.25, -0.2) is 0 Å². The van der Waals surface area contributed by atoms with E-state index < -0.39 is 29.7 Å². The maximum absolute atomic E-state index is 13.0. The zero-order valence-electron chi connectivity index (χ0n) is 19.3. The molecule has 0 saturated heterocycles. The lowest BCUT2D eigenvalue weighted by Gasteiger charge is -2.32. The fraction of sp³-hybridized carbons (Fsp3) is 0.522. The number of hydrogen-bond acceptors (Lipinski definition) is 6. The summed E-state index contributed by atoms with van der Waals surface area (Å²) in [6.45, 7) is 2.63. The van der Waals surface area contributed by atoms with Gasteiger partial charge < -0.3 is 26.3 Å². The van der Waals surface area contributed by atoms with Gasteiger partial charge in [-0.05, 0) is 37.0 Å². The number of anilines is 2. The monoisotopic (exact) mass is 481 g/mol. The first-order chi connectivity index (χ1) is 15.8. The molecule has 1 aromatic heterocycles. The second-order valence-corrected chi connectivity index (χ2v) is 9.21. The highest BCUT2D eigenvalue weighted by Crippen LogP contribution is 2.37. The number of rotatable bonds is 7. The number of nitrogens with two attached hydrogens (primary N) is 1. The molecule has 1 amide bonds. The van der Waals surface area contributed by atoms with E-state index in [1.807, 2.05) is 0 Å². The van der Waals surface area contributed by atoms with Gasteiger partial charge in [0.05, 0.1) is 12.1 Å². The summed E-state index contributed by atoms with van der Waals surface area (Å²) in [5.74, 6) is -0.534. The maximum Gasteiger partial charge on any atom is 0.415 e. The van der Waals surface area contributed by atoms with Gasteiger partial charge in [0, 0.05) is 36.5 Å². The van der Waals surface area contributed by atoms with Gasteiger partial charge in [-0.3, -0.25) is 9.48 Å². The molecule has 1 saturated carbocycles. The summed E-state index contributed by atoms with van der Waals surface area (Å²) in [5, 5.41) is 27.3. The van der Waals surface area contributed by atoms with Crippen LogP contribution in [0.1, 0.15) is 55.1 Å². The highest BCUT2D eigenvalue weighted by molar-refractivity contribution is 5.98. The van der Waals surface area contributed by atoms with E-state index in [9.17, 15) is 28.2 Å². The van der Waals surface area contributed by atoms with Crippen molar-refractivity contribution < 1.29 is 28.2 Å². The van der Waals surface area contributed by atoms with Crippen LogP contribution in [0.15, 0.2) is 35.5 Å². The number of alkyl halides is 3. The zero-order valence-corrected chi connectivity index (χ0v) is 19.3. The molecule has 8 nitrogen and oxygen atoms in total. The third-order valence-corrected chi connectivity index (χ3v) is 6.40. The molecule has 0 radical (unpaired) electrons. The number of benzene rings is 1. The number of aromatic nitrogens is 2. The van der Waals surface area contributed by atoms with Crippen LogP contribution < -0.4 is 11.1 Å². The molecule has 0 bridgehead atoms. The molecule has 34 heavy (non-hydrogen) atoms. The van der Waals surface area contributed by atoms with Crippen LogP contribution >= 0.6 is 0 Å². The Kier molecular flexibility index (Phi) is 7.37. The average molecular weight is 482 g/mol. The fourth-order valence-electron chi connectivity index (χ4n) is 4.37. The van der Waals surface area contributed by atoms with E-state index in [2.05, 4.69) is 15.4 Å². The van der Waals surface area contributed by atoms with E-state index >= 15 is 0 Å². The van der Waals surface area contributed by atoms with Gasteiger partial charge in [-0.15, -0.1) is 0 Å². The second-order valence-electron chi connectivity index (χ2n) is 9.21. The summed E-state index contributed by atoms with van der Waals surface area (Å²) < 4.78 is 40.7. The third kappa shape index (κ3) is 5.41. The maximum atomic E-state index is 13.0. The summed E-state index contributed by atoms with van der Waals surface area (Å²) >= 11 is 0. The minimum atomic E-state index is -4.75. The normalized spacial score (nSPS) is 22.6. The van der Waals surface area contributed by atoms with E-state index in [0.29, 0.717) is 30.5 Å². The molecule has 1 aromatic carbocycles. The molecule has 0 aliphatic heterocycles. The topological polar surface area (TPSA) is 126 Å². The van der Waals surface area contributed by atoms with Gasteiger partial charge in [-0.2, -0.15) is 18.3 Å². The smallest absolute Gasteiger partial charge is 0.393 e. The van der Waals surface area contributed by atoms with Crippen molar-refractivity contribution in [2.75, 3.05) is 12.4 Å². The Bertz CT molecular complexity index is 1030. The molecule has 2 aromatic rings. The lowest BCUT2D eigenvalue weighted by atomic mass is 9.79. The predicted octanol–water partition coefficient (Wildman–Crippen LogP) is 3.33. The van der Waals surface area contributed by atoms with E-state index in [1.165, 1.54) is 26.0 Å². The lowest BCUT2D eigenvalue weighted by molar-refractivity contribution is -0.221. The summed E-state index contributed by atoms with van der Waals surface area (Å²) in [6.07, 6.45) is -2.62. The van der Waals surface area contributed by atoms with Gasteiger partial charge in [0.25, 0.3) is 5.91 Å². The number of primary amides is 1. The van der Waals surface area contributed by atoms with Crippen LogP contribution in [0, 0.1) is 5.92 Å². The molecule has 5 N–H and O–H groups in total. The number of aliphatic hydroxyl groups excluding tert-OH is 2. The lowest BCUT2D eigenvalue weighted by Crippen LogP contribution is -2.44. The van der Waals surface area contributed by atoms with Gasteiger partial charge in [0.1, 0.15) is 5.56 Å². The van der Waals surface area contributed by atoms with Crippen LogP contribution in [-0.4, -0.2) is 57.5 Å². The summed E-state index contributed by atoms with van der Waals surface area (Å²) in [6, 6.07) is 5.94. The number of nitrogens with zero attached hydrogens (tertiary/aromatic N) is 3. The second kappa shape index (κ2) is 9.75. The van der Waals surface area contributed by atoms with E-state index in [4.69, 9.17) is 5.73 Å². The Labute approximate surface area is 195 Å². The number of amides is 1. The van der Waals surface area contributed by atoms with Crippen LogP contribution in [-0.2, 0) is 5.41 Å². The number of aliphatic imine (C=N–C) groups is 1. The minimum Gasteiger partial charge on any atom is -0.393 e. The zero-order chi connectivity index (χ0) is 25.3. The summed E-state index contributed by atoms with van der Waals surface area (Å²) in [4.78, 5) is 16.1. The van der Waals surface area contributed by atoms with E-state index in [-0.39, 0.29) is 23.3 Å². The largest absolute Gasteiger partial charge is 0.415 e. The van der Waals surface area contributed by atoms with Crippen LogP contribution in [0.3, 0.4) is 0 Å². The Balaban J connectivity index is 1.86. The van der Waals surface area contributed by atoms with Crippen molar-refractivity contribution in [2.45, 2.75) is 63.0 Å². The van der Waals surface area contributed by atoms with Crippen molar-refractivity contribution in [1.82, 2.24) is 9.78 Å². The predicted molar refractivity (Wildman–Crippen MR) is 122 cm³/mol. The SMILES string of the molecule is C/N=C\[C@H]1C[C@@H](O)CC[C@@H]1n1cc(C(N)=O)c(Nc2ccc(C(C)(C)C(O)C(F)(F)F)cc2)n1. The first-order valence-electron chi connectivity index (χ1n) is 11.0. The Morgan fingerprint density at radius 2 is 1.94 bits per heavy atom. The first-order valence-corrected chi connectivity index (χ1v) is 11.0. The minimum absolute atomic E-state index is 0.0659. The molecule has 1 heterocycles. The van der Waals surface area contributed by atoms with Crippen molar-refractivity contribution in [3.05, 3.63) is 41.6 Å². The molecule has 4 atom stereocenters. The standard InChI is InChI=1S/C23H30F3N5O3/c1-22(2,21(34)23(24,25)26)14-4-6-15(7-5-14)29-20-17(19(27)33)12-31(30-20)18-9-8-16(32)10-13(18)11-28-3/h4-7,11-13,16,18,21,32,34H,8-10H2,1-3H3,(H2,27,33)(H,29,30)/b28-11-/t13-,16+,18+,21?/m1/s1. The van der Waals surface area contributed by atoms with Crippen LogP contribution in [0.2, 0.25) is 0 Å². The van der Waals surface area contributed by atoms with Gasteiger partial charge in [0.15, 0.2) is 11.9 Å². The van der Waals surface area contributed by atoms with Crippen molar-refractivity contribution in [2.24, 2.45) is 16.6 Å². The molecular weight excluding hydrogens is 451 g/mol. The molecule has 1 aliphatic carbocycles. The Hall–Kier alpha value is -2.92. The number of halogens is 3. The van der Waals surface area contributed by atoms with Crippen LogP contribution in [0.5, 0.6) is 0 Å². The number of hydrogen-bond donors (Lipinski definition) is 4. The molecular formula is C23H30F3N5O3. The van der Waals surface area contributed by atoms with Crippen molar-refractivity contribution in [1.29, 1.82) is 0 Å². The van der Waals surface area contributed by atoms with Gasteiger partial charge >= 0.3 is 6.18 Å². The van der Waals surface area contributed by atoms with Crippen molar-refractivity contribution >= 4 is 23.6 Å². The van der Waals surface area contributed by atoms with Gasteiger partial charge in [0.2, 0.25) is 0 Å². The number of carbonyl (C=O) groups is 1. The molecule has 0 spiro atoms. The Morgan fingerprint density at radius 3 is 2.50 bits per heavy atom. The van der Waals surface area contributed by atoms with Crippen LogP contribution in [0.25, 0.3) is 0 Å². The van der Waals surface area contributed by atoms with Crippen LogP contribution in [0.4, 0.5) is 24.7 Å². The number of nitrogens with one attached hydrogen (secondary N) is 1. The Morgan fingerprint density at radius 1 is 1.29 bits per heavy atom. The molecule has 1 unspecified atom stereocenters. The van der Waals surface area contributed by atoms with Crippen molar-refractivity contribution in [3.8, 4) is 0 Å².